The summed E-state index contributed by atoms with van der Waals surface area (Å²) in [6.07, 6.45) is -4.45. The number of alkyl halides is 3. The zero-order chi connectivity index (χ0) is 15.8. The first kappa shape index (κ1) is 15.3. The molecule has 3 amide bonds. The summed E-state index contributed by atoms with van der Waals surface area (Å²) in [4.78, 5) is 24.8. The number of benzene rings is 1. The van der Waals surface area contributed by atoms with Gasteiger partial charge in [0.15, 0.2) is 0 Å². The second kappa shape index (κ2) is 5.38. The summed E-state index contributed by atoms with van der Waals surface area (Å²) in [5.74, 6) is -0.486. The van der Waals surface area contributed by atoms with Crippen molar-refractivity contribution in [1.82, 2.24) is 10.2 Å². The molecule has 1 aromatic carbocycles. The molecule has 0 saturated carbocycles. The second-order valence-corrected chi connectivity index (χ2v) is 5.29. The Labute approximate surface area is 119 Å². The Morgan fingerprint density at radius 2 is 1.95 bits per heavy atom. The number of nitrogens with zero attached hydrogens (tertiary/aromatic N) is 1. The molecular formula is C14H15F3N2O2. The molecule has 21 heavy (non-hydrogen) atoms. The van der Waals surface area contributed by atoms with E-state index in [9.17, 15) is 22.8 Å². The molecule has 0 aliphatic carbocycles. The van der Waals surface area contributed by atoms with Crippen molar-refractivity contribution in [3.05, 3.63) is 35.4 Å². The minimum absolute atomic E-state index is 0.0760. The minimum Gasteiger partial charge on any atom is -0.326 e. The molecule has 1 N–H and O–H groups in total. The highest BCUT2D eigenvalue weighted by Crippen LogP contribution is 2.30. The lowest BCUT2D eigenvalue weighted by atomic mass is 10.0. The van der Waals surface area contributed by atoms with Gasteiger partial charge in [0, 0.05) is 0 Å². The Kier molecular flexibility index (Phi) is 3.93. The van der Waals surface area contributed by atoms with Gasteiger partial charge in [-0.15, -0.1) is 0 Å². The predicted octanol–water partition coefficient (Wildman–Crippen LogP) is 2.78. The maximum Gasteiger partial charge on any atom is 0.416 e. The number of carbonyl (C=O) groups is 2. The van der Waals surface area contributed by atoms with E-state index in [0.29, 0.717) is 0 Å². The van der Waals surface area contributed by atoms with E-state index < -0.39 is 29.7 Å². The van der Waals surface area contributed by atoms with E-state index >= 15 is 0 Å². The molecule has 1 atom stereocenters. The monoisotopic (exact) mass is 300 g/mol. The number of nitrogens with one attached hydrogen (secondary N) is 1. The van der Waals surface area contributed by atoms with Crippen LogP contribution >= 0.6 is 0 Å². The molecule has 0 radical (unpaired) electrons. The van der Waals surface area contributed by atoms with Gasteiger partial charge in [-0.1, -0.05) is 26.0 Å². The predicted molar refractivity (Wildman–Crippen MR) is 69.2 cm³/mol. The summed E-state index contributed by atoms with van der Waals surface area (Å²) in [6, 6.07) is 3.42. The molecular weight excluding hydrogens is 285 g/mol. The third kappa shape index (κ3) is 3.17. The van der Waals surface area contributed by atoms with Gasteiger partial charge >= 0.3 is 12.2 Å². The fourth-order valence-electron chi connectivity index (χ4n) is 2.17. The van der Waals surface area contributed by atoms with Crippen molar-refractivity contribution in [1.29, 1.82) is 0 Å². The number of rotatable bonds is 3. The highest BCUT2D eigenvalue weighted by molar-refractivity contribution is 6.04. The van der Waals surface area contributed by atoms with Gasteiger partial charge < -0.3 is 5.32 Å². The number of halogens is 3. The van der Waals surface area contributed by atoms with Crippen molar-refractivity contribution in [3.8, 4) is 0 Å². The van der Waals surface area contributed by atoms with Crippen LogP contribution in [-0.4, -0.2) is 22.9 Å². The van der Waals surface area contributed by atoms with E-state index in [-0.39, 0.29) is 18.0 Å². The van der Waals surface area contributed by atoms with Crippen molar-refractivity contribution in [2.75, 3.05) is 0 Å². The van der Waals surface area contributed by atoms with Crippen LogP contribution in [0.15, 0.2) is 24.3 Å². The minimum atomic E-state index is -4.45. The molecule has 114 valence electrons. The summed E-state index contributed by atoms with van der Waals surface area (Å²) in [6.45, 7) is 3.41. The zero-order valence-corrected chi connectivity index (χ0v) is 11.6. The van der Waals surface area contributed by atoms with Crippen LogP contribution in [0, 0.1) is 5.92 Å². The van der Waals surface area contributed by atoms with Gasteiger partial charge in [-0.3, -0.25) is 9.69 Å². The molecule has 1 heterocycles. The SMILES string of the molecule is CC(C)[C@H]1NC(=O)N(Cc2cccc(C(F)(F)F)c2)C1=O. The van der Waals surface area contributed by atoms with Gasteiger partial charge in [0.05, 0.1) is 12.1 Å². The average molecular weight is 300 g/mol. The van der Waals surface area contributed by atoms with E-state index in [1.165, 1.54) is 12.1 Å². The van der Waals surface area contributed by atoms with E-state index in [2.05, 4.69) is 5.32 Å². The van der Waals surface area contributed by atoms with E-state index in [0.717, 1.165) is 17.0 Å². The number of urea groups is 1. The molecule has 0 unspecified atom stereocenters. The van der Waals surface area contributed by atoms with Crippen LogP contribution in [0.1, 0.15) is 25.0 Å². The van der Waals surface area contributed by atoms with Gasteiger partial charge in [0.25, 0.3) is 5.91 Å². The number of carbonyl (C=O) groups excluding carboxylic acids is 2. The molecule has 1 saturated heterocycles. The first-order chi connectivity index (χ1) is 9.70. The Morgan fingerprint density at radius 3 is 2.48 bits per heavy atom. The number of amides is 3. The molecule has 0 aromatic heterocycles. The first-order valence-electron chi connectivity index (χ1n) is 6.48. The van der Waals surface area contributed by atoms with Gasteiger partial charge in [-0.05, 0) is 23.6 Å². The van der Waals surface area contributed by atoms with Gasteiger partial charge in [0.2, 0.25) is 0 Å². The number of hydrogen-bond donors (Lipinski definition) is 1. The van der Waals surface area contributed by atoms with Crippen LogP contribution in [0.5, 0.6) is 0 Å². The van der Waals surface area contributed by atoms with Crippen molar-refractivity contribution in [3.63, 3.8) is 0 Å². The van der Waals surface area contributed by atoms with Crippen LogP contribution in [0.4, 0.5) is 18.0 Å². The van der Waals surface area contributed by atoms with Crippen LogP contribution in [0.2, 0.25) is 0 Å². The smallest absolute Gasteiger partial charge is 0.326 e. The van der Waals surface area contributed by atoms with Crippen LogP contribution < -0.4 is 5.32 Å². The largest absolute Gasteiger partial charge is 0.416 e. The maximum absolute atomic E-state index is 12.6. The van der Waals surface area contributed by atoms with Crippen molar-refractivity contribution < 1.29 is 22.8 Å². The van der Waals surface area contributed by atoms with Crippen molar-refractivity contribution in [2.45, 2.75) is 32.6 Å². The Balaban J connectivity index is 2.19. The lowest BCUT2D eigenvalue weighted by Crippen LogP contribution is -2.34. The molecule has 1 fully saturated rings. The third-order valence-electron chi connectivity index (χ3n) is 3.32. The summed E-state index contributed by atoms with van der Waals surface area (Å²) in [5.41, 5.74) is -0.537. The molecule has 0 bridgehead atoms. The molecule has 7 heteroatoms. The van der Waals surface area contributed by atoms with Crippen LogP contribution in [0.25, 0.3) is 0 Å². The standard InChI is InChI=1S/C14H15F3N2O2/c1-8(2)11-12(20)19(13(21)18-11)7-9-4-3-5-10(6-9)14(15,16)17/h3-6,8,11H,7H2,1-2H3,(H,18,21)/t11-/m1/s1. The highest BCUT2D eigenvalue weighted by atomic mass is 19.4. The topological polar surface area (TPSA) is 49.4 Å². The van der Waals surface area contributed by atoms with Crippen molar-refractivity contribution in [2.24, 2.45) is 5.92 Å². The van der Waals surface area contributed by atoms with E-state index in [1.54, 1.807) is 13.8 Å². The van der Waals surface area contributed by atoms with Crippen LogP contribution in [0.3, 0.4) is 0 Å². The van der Waals surface area contributed by atoms with Crippen LogP contribution in [-0.2, 0) is 17.5 Å². The fourth-order valence-corrected chi connectivity index (χ4v) is 2.17. The molecule has 0 spiro atoms. The lowest BCUT2D eigenvalue weighted by molar-refractivity contribution is -0.137. The van der Waals surface area contributed by atoms with Gasteiger partial charge in [0.1, 0.15) is 6.04 Å². The van der Waals surface area contributed by atoms with Gasteiger partial charge in [-0.2, -0.15) is 13.2 Å². The summed E-state index contributed by atoms with van der Waals surface area (Å²) in [5, 5.41) is 2.53. The van der Waals surface area contributed by atoms with Gasteiger partial charge in [-0.25, -0.2) is 4.79 Å². The summed E-state index contributed by atoms with van der Waals surface area (Å²) >= 11 is 0. The molecule has 1 aliphatic rings. The second-order valence-electron chi connectivity index (χ2n) is 5.29. The average Bonchev–Trinajstić information content (AvgIpc) is 2.66. The Morgan fingerprint density at radius 1 is 1.29 bits per heavy atom. The molecule has 4 nitrogen and oxygen atoms in total. The fraction of sp³-hybridized carbons (Fsp3) is 0.429. The van der Waals surface area contributed by atoms with E-state index in [4.69, 9.17) is 0 Å². The van der Waals surface area contributed by atoms with Crippen molar-refractivity contribution >= 4 is 11.9 Å². The highest BCUT2D eigenvalue weighted by Gasteiger charge is 2.39. The summed E-state index contributed by atoms with van der Waals surface area (Å²) < 4.78 is 37.9. The summed E-state index contributed by atoms with van der Waals surface area (Å²) in [7, 11) is 0. The third-order valence-corrected chi connectivity index (χ3v) is 3.32. The normalized spacial score (nSPS) is 19.3. The molecule has 1 aromatic rings. The Hall–Kier alpha value is -2.05. The maximum atomic E-state index is 12.6. The Bertz CT molecular complexity index is 570. The first-order valence-corrected chi connectivity index (χ1v) is 6.48. The number of hydrogen-bond acceptors (Lipinski definition) is 2. The quantitative estimate of drug-likeness (QED) is 0.873. The molecule has 2 rings (SSSR count). The zero-order valence-electron chi connectivity index (χ0n) is 11.6. The van der Waals surface area contributed by atoms with E-state index in [1.807, 2.05) is 0 Å². The molecule has 1 aliphatic heterocycles. The lowest BCUT2D eigenvalue weighted by Gasteiger charge is -2.15. The number of imide groups is 1.